The van der Waals surface area contributed by atoms with Crippen LogP contribution in [0, 0.1) is 0 Å². The van der Waals surface area contributed by atoms with Crippen molar-refractivity contribution in [1.29, 1.82) is 0 Å². The Morgan fingerprint density at radius 2 is 1.33 bits per heavy atom. The van der Waals surface area contributed by atoms with E-state index in [2.05, 4.69) is 4.74 Å². The number of rotatable bonds is 9. The summed E-state index contributed by atoms with van der Waals surface area (Å²) in [4.78, 5) is 11.2. The van der Waals surface area contributed by atoms with Gasteiger partial charge in [0, 0.05) is 6.42 Å². The average Bonchev–Trinajstić information content (AvgIpc) is 2.87. The molecule has 0 bridgehead atoms. The first-order valence-corrected chi connectivity index (χ1v) is 11.2. The van der Waals surface area contributed by atoms with Gasteiger partial charge in [-0.15, -0.1) is 13.2 Å². The van der Waals surface area contributed by atoms with Gasteiger partial charge in [0.1, 0.15) is 18.1 Å². The summed E-state index contributed by atoms with van der Waals surface area (Å²) in [5.41, 5.74) is 5.28. The van der Waals surface area contributed by atoms with Gasteiger partial charge in [-0.05, 0) is 64.1 Å². The van der Waals surface area contributed by atoms with Crippen LogP contribution in [-0.4, -0.2) is 17.4 Å². The van der Waals surface area contributed by atoms with Gasteiger partial charge < -0.3 is 14.6 Å². The molecule has 184 valence electrons. The summed E-state index contributed by atoms with van der Waals surface area (Å²) < 4.78 is 47.2. The Kier molecular flexibility index (Phi) is 7.59. The number of ether oxygens (including phenoxy) is 2. The van der Waals surface area contributed by atoms with E-state index in [-0.39, 0.29) is 18.6 Å². The van der Waals surface area contributed by atoms with Crippen LogP contribution in [0.3, 0.4) is 0 Å². The average molecular weight is 492 g/mol. The van der Waals surface area contributed by atoms with Crippen molar-refractivity contribution < 1.29 is 32.5 Å². The minimum Gasteiger partial charge on any atom is -0.489 e. The molecule has 0 amide bonds. The van der Waals surface area contributed by atoms with Crippen LogP contribution in [0.15, 0.2) is 97.1 Å². The smallest absolute Gasteiger partial charge is 0.489 e. The van der Waals surface area contributed by atoms with E-state index in [0.717, 1.165) is 22.3 Å². The van der Waals surface area contributed by atoms with Gasteiger partial charge >= 0.3 is 12.3 Å². The predicted molar refractivity (Wildman–Crippen MR) is 131 cm³/mol. The molecule has 0 spiro atoms. The number of benzene rings is 4. The first kappa shape index (κ1) is 24.9. The Hall–Kier alpha value is -4.26. The fraction of sp³-hybridized carbons (Fsp3) is 0.138. The quantitative estimate of drug-likeness (QED) is 0.263. The lowest BCUT2D eigenvalue weighted by Gasteiger charge is -2.14. The second-order valence-electron chi connectivity index (χ2n) is 8.14. The first-order valence-electron chi connectivity index (χ1n) is 11.2. The maximum Gasteiger partial charge on any atom is 0.573 e. The Morgan fingerprint density at radius 1 is 0.750 bits per heavy atom. The largest absolute Gasteiger partial charge is 0.573 e. The van der Waals surface area contributed by atoms with E-state index in [1.807, 2.05) is 54.6 Å². The Labute approximate surface area is 206 Å². The second-order valence-corrected chi connectivity index (χ2v) is 8.14. The van der Waals surface area contributed by atoms with Crippen LogP contribution in [0.4, 0.5) is 13.2 Å². The van der Waals surface area contributed by atoms with Crippen molar-refractivity contribution in [3.8, 4) is 33.8 Å². The summed E-state index contributed by atoms with van der Waals surface area (Å²) in [6.45, 7) is 0.304. The van der Waals surface area contributed by atoms with Gasteiger partial charge in [0.2, 0.25) is 0 Å². The van der Waals surface area contributed by atoms with Gasteiger partial charge in [-0.3, -0.25) is 4.79 Å². The third-order valence-corrected chi connectivity index (χ3v) is 5.55. The van der Waals surface area contributed by atoms with E-state index in [4.69, 9.17) is 9.84 Å². The van der Waals surface area contributed by atoms with Crippen LogP contribution in [-0.2, 0) is 17.8 Å². The molecular weight excluding hydrogens is 469 g/mol. The van der Waals surface area contributed by atoms with Gasteiger partial charge in [0.15, 0.2) is 0 Å². The molecule has 4 aromatic carbocycles. The first-order chi connectivity index (χ1) is 17.3. The van der Waals surface area contributed by atoms with Crippen molar-refractivity contribution in [2.45, 2.75) is 25.8 Å². The number of alkyl halides is 3. The second kappa shape index (κ2) is 11.0. The lowest BCUT2D eigenvalue weighted by atomic mass is 10.00. The normalized spacial score (nSPS) is 11.2. The minimum absolute atomic E-state index is 0.0794. The fourth-order valence-electron chi connectivity index (χ4n) is 3.77. The molecule has 0 aliphatic carbocycles. The summed E-state index contributed by atoms with van der Waals surface area (Å²) in [5.74, 6) is -0.684. The third-order valence-electron chi connectivity index (χ3n) is 5.55. The highest BCUT2D eigenvalue weighted by Crippen LogP contribution is 2.31. The number of aliphatic carboxylic acids is 1. The number of hydrogen-bond acceptors (Lipinski definition) is 3. The van der Waals surface area contributed by atoms with Crippen LogP contribution < -0.4 is 9.47 Å². The summed E-state index contributed by atoms with van der Waals surface area (Å²) in [6.07, 6.45) is -4.59. The van der Waals surface area contributed by atoms with Crippen LogP contribution >= 0.6 is 0 Å². The van der Waals surface area contributed by atoms with Gasteiger partial charge in [0.05, 0.1) is 0 Å². The molecule has 0 unspecified atom stereocenters. The third kappa shape index (κ3) is 6.88. The lowest BCUT2D eigenvalue weighted by Crippen LogP contribution is -2.16. The molecule has 0 aliphatic heterocycles. The van der Waals surface area contributed by atoms with Gasteiger partial charge in [-0.2, -0.15) is 0 Å². The molecule has 0 aliphatic rings. The molecule has 1 N–H and O–H groups in total. The number of carbonyl (C=O) groups is 1. The fourth-order valence-corrected chi connectivity index (χ4v) is 3.77. The zero-order valence-corrected chi connectivity index (χ0v) is 19.2. The lowest BCUT2D eigenvalue weighted by molar-refractivity contribution is -0.274. The van der Waals surface area contributed by atoms with Crippen molar-refractivity contribution in [1.82, 2.24) is 0 Å². The number of halogens is 3. The Morgan fingerprint density at radius 3 is 1.97 bits per heavy atom. The van der Waals surface area contributed by atoms with Gasteiger partial charge in [-0.25, -0.2) is 0 Å². The molecule has 0 saturated heterocycles. The molecule has 0 radical (unpaired) electrons. The van der Waals surface area contributed by atoms with Crippen molar-refractivity contribution in [2.24, 2.45) is 0 Å². The van der Waals surface area contributed by atoms with Crippen molar-refractivity contribution in [3.05, 3.63) is 108 Å². The minimum atomic E-state index is -4.76. The Balaban J connectivity index is 1.50. The van der Waals surface area contributed by atoms with E-state index in [0.29, 0.717) is 23.5 Å². The summed E-state index contributed by atoms with van der Waals surface area (Å²) >= 11 is 0. The molecule has 0 aromatic heterocycles. The number of hydrogen-bond donors (Lipinski definition) is 1. The monoisotopic (exact) mass is 492 g/mol. The summed E-state index contributed by atoms with van der Waals surface area (Å²) in [6, 6.07) is 28.9. The highest BCUT2D eigenvalue weighted by molar-refractivity contribution is 5.69. The molecule has 4 nitrogen and oxygen atoms in total. The highest BCUT2D eigenvalue weighted by Gasteiger charge is 2.31. The van der Waals surface area contributed by atoms with E-state index >= 15 is 0 Å². The van der Waals surface area contributed by atoms with Crippen molar-refractivity contribution >= 4 is 5.97 Å². The molecular formula is C29H23F3O4. The molecule has 4 aromatic rings. The zero-order valence-electron chi connectivity index (χ0n) is 19.2. The Bertz CT molecular complexity index is 1300. The zero-order chi connectivity index (χ0) is 25.5. The van der Waals surface area contributed by atoms with Crippen LogP contribution in [0.25, 0.3) is 22.3 Å². The van der Waals surface area contributed by atoms with Crippen LogP contribution in [0.1, 0.15) is 17.5 Å². The summed E-state index contributed by atoms with van der Waals surface area (Å²) in [7, 11) is 0. The van der Waals surface area contributed by atoms with Crippen LogP contribution in [0.5, 0.6) is 11.5 Å². The van der Waals surface area contributed by atoms with E-state index in [9.17, 15) is 18.0 Å². The van der Waals surface area contributed by atoms with Crippen molar-refractivity contribution in [2.75, 3.05) is 0 Å². The van der Waals surface area contributed by atoms with Crippen LogP contribution in [0.2, 0.25) is 0 Å². The van der Waals surface area contributed by atoms with Gasteiger partial charge in [0.25, 0.3) is 0 Å². The molecule has 7 heteroatoms. The van der Waals surface area contributed by atoms with E-state index in [1.54, 1.807) is 18.2 Å². The molecule has 36 heavy (non-hydrogen) atoms. The molecule has 0 atom stereocenters. The molecule has 0 saturated carbocycles. The summed E-state index contributed by atoms with van der Waals surface area (Å²) in [5, 5.41) is 9.16. The number of aryl methyl sites for hydroxylation is 1. The standard InChI is InChI=1S/C29H23F3O4/c30-29(31,32)36-26-14-10-23(11-15-26)24-12-16-27(25(18-24)13-17-28(33)34)35-19-20-6-8-22(9-7-20)21-4-2-1-3-5-21/h1-12,14-16,18H,13,17,19H2,(H,33,34). The van der Waals surface area contributed by atoms with E-state index < -0.39 is 12.3 Å². The number of carboxylic acid groups (broad SMARTS) is 1. The topological polar surface area (TPSA) is 55.8 Å². The maximum absolute atomic E-state index is 12.4. The molecule has 4 rings (SSSR count). The molecule has 0 fully saturated rings. The molecule has 0 heterocycles. The predicted octanol–water partition coefficient (Wildman–Crippen LogP) is 7.52. The van der Waals surface area contributed by atoms with E-state index in [1.165, 1.54) is 24.3 Å². The highest BCUT2D eigenvalue weighted by atomic mass is 19.4. The maximum atomic E-state index is 12.4. The van der Waals surface area contributed by atoms with Gasteiger partial charge in [-0.1, -0.05) is 72.8 Å². The SMILES string of the molecule is O=C(O)CCc1cc(-c2ccc(OC(F)(F)F)cc2)ccc1OCc1ccc(-c2ccccc2)cc1. The number of carboxylic acids is 1. The van der Waals surface area contributed by atoms with Crippen molar-refractivity contribution in [3.63, 3.8) is 0 Å².